The number of nitrogens with one attached hydrogen (secondary N) is 1. The van der Waals surface area contributed by atoms with E-state index in [-0.39, 0.29) is 5.92 Å². The minimum atomic E-state index is -0.859. The molecule has 0 saturated heterocycles. The van der Waals surface area contributed by atoms with Crippen molar-refractivity contribution in [2.75, 3.05) is 13.7 Å². The summed E-state index contributed by atoms with van der Waals surface area (Å²) in [6.07, 6.45) is 2.18. The number of aliphatic carboxylic acids is 1. The van der Waals surface area contributed by atoms with Crippen molar-refractivity contribution in [1.82, 2.24) is 5.32 Å². The second kappa shape index (κ2) is 9.43. The normalized spacial score (nSPS) is 12.0. The second-order valence-corrected chi connectivity index (χ2v) is 6.02. The fraction of sp³-hybridized carbons (Fsp3) is 0.471. The molecule has 0 saturated carbocycles. The highest BCUT2D eigenvalue weighted by atomic mass is 35.5. The van der Waals surface area contributed by atoms with Gasteiger partial charge in [-0.3, -0.25) is 4.79 Å². The largest absolute Gasteiger partial charge is 0.493 e. The van der Waals surface area contributed by atoms with E-state index in [0.29, 0.717) is 36.1 Å². The number of hydrogen-bond donors (Lipinski definition) is 2. The van der Waals surface area contributed by atoms with E-state index >= 15 is 0 Å². The maximum atomic E-state index is 11.3. The lowest BCUT2D eigenvalue weighted by molar-refractivity contribution is -0.140. The van der Waals surface area contributed by atoms with Gasteiger partial charge in [0.2, 0.25) is 0 Å². The Bertz CT molecular complexity index is 546. The molecule has 6 heteroatoms. The van der Waals surface area contributed by atoms with Crippen LogP contribution in [0.15, 0.2) is 24.8 Å². The van der Waals surface area contributed by atoms with Gasteiger partial charge in [-0.05, 0) is 30.0 Å². The van der Waals surface area contributed by atoms with Gasteiger partial charge < -0.3 is 19.9 Å². The zero-order valence-corrected chi connectivity index (χ0v) is 14.5. The highest BCUT2D eigenvalue weighted by Crippen LogP contribution is 2.36. The van der Waals surface area contributed by atoms with Gasteiger partial charge in [0.15, 0.2) is 11.5 Å². The van der Waals surface area contributed by atoms with E-state index in [9.17, 15) is 9.90 Å². The van der Waals surface area contributed by atoms with Gasteiger partial charge in [0, 0.05) is 6.54 Å². The zero-order valence-electron chi connectivity index (χ0n) is 13.8. The molecule has 1 atom stereocenters. The molecule has 1 aromatic rings. The average molecular weight is 342 g/mol. The fourth-order valence-corrected chi connectivity index (χ4v) is 2.43. The van der Waals surface area contributed by atoms with E-state index < -0.39 is 12.0 Å². The first-order chi connectivity index (χ1) is 10.9. The number of benzene rings is 1. The summed E-state index contributed by atoms with van der Waals surface area (Å²) >= 11 is 6.23. The molecule has 128 valence electrons. The second-order valence-electron chi connectivity index (χ2n) is 5.61. The molecule has 5 nitrogen and oxygen atoms in total. The molecular formula is C17H24ClNO4. The van der Waals surface area contributed by atoms with Crippen molar-refractivity contribution in [3.8, 4) is 11.5 Å². The molecule has 1 aromatic carbocycles. The van der Waals surface area contributed by atoms with E-state index in [1.807, 2.05) is 13.8 Å². The first-order valence-electron chi connectivity index (χ1n) is 7.45. The zero-order chi connectivity index (χ0) is 17.4. The van der Waals surface area contributed by atoms with Gasteiger partial charge in [-0.15, -0.1) is 0 Å². The predicted molar refractivity (Wildman–Crippen MR) is 91.4 cm³/mol. The van der Waals surface area contributed by atoms with E-state index in [4.69, 9.17) is 21.1 Å². The third kappa shape index (κ3) is 6.12. The molecule has 2 N–H and O–H groups in total. The summed E-state index contributed by atoms with van der Waals surface area (Å²) in [6.45, 7) is 8.27. The Morgan fingerprint density at radius 2 is 2.17 bits per heavy atom. The minimum absolute atomic E-state index is 0.288. The van der Waals surface area contributed by atoms with Crippen LogP contribution >= 0.6 is 11.6 Å². The molecule has 1 unspecified atom stereocenters. The van der Waals surface area contributed by atoms with Gasteiger partial charge in [-0.2, -0.15) is 0 Å². The molecule has 0 spiro atoms. The van der Waals surface area contributed by atoms with Crippen LogP contribution in [0.4, 0.5) is 0 Å². The molecule has 0 amide bonds. The minimum Gasteiger partial charge on any atom is -0.493 e. The summed E-state index contributed by atoms with van der Waals surface area (Å²) in [7, 11) is 1.53. The van der Waals surface area contributed by atoms with Gasteiger partial charge in [0.1, 0.15) is 12.6 Å². The van der Waals surface area contributed by atoms with Crippen LogP contribution in [-0.4, -0.2) is 30.8 Å². The molecule has 0 aliphatic heterocycles. The van der Waals surface area contributed by atoms with Crippen LogP contribution in [0, 0.1) is 5.92 Å². The summed E-state index contributed by atoms with van der Waals surface area (Å²) in [5.74, 6) is 0.390. The SMILES string of the molecule is C=CCOc1c(Cl)cc(CNC(CC(C)C)C(=O)O)cc1OC. The van der Waals surface area contributed by atoms with Crippen LogP contribution in [0.25, 0.3) is 0 Å². The third-order valence-electron chi connectivity index (χ3n) is 3.19. The Balaban J connectivity index is 2.86. The summed E-state index contributed by atoms with van der Waals surface area (Å²) in [4.78, 5) is 11.3. The summed E-state index contributed by atoms with van der Waals surface area (Å²) in [6, 6.07) is 2.92. The number of carboxylic acids is 1. The average Bonchev–Trinajstić information content (AvgIpc) is 2.49. The summed E-state index contributed by atoms with van der Waals surface area (Å²) < 4.78 is 10.8. The maximum absolute atomic E-state index is 11.3. The van der Waals surface area contributed by atoms with Crippen molar-refractivity contribution in [2.45, 2.75) is 32.9 Å². The van der Waals surface area contributed by atoms with E-state index in [1.54, 1.807) is 18.2 Å². The van der Waals surface area contributed by atoms with Crippen LogP contribution in [0.1, 0.15) is 25.8 Å². The molecule has 0 aliphatic rings. The number of carboxylic acid groups (broad SMARTS) is 1. The molecule has 0 radical (unpaired) electrons. The Kier molecular flexibility index (Phi) is 7.92. The molecule has 23 heavy (non-hydrogen) atoms. The van der Waals surface area contributed by atoms with Gasteiger partial charge in [-0.25, -0.2) is 0 Å². The van der Waals surface area contributed by atoms with Gasteiger partial charge in [0.05, 0.1) is 12.1 Å². The monoisotopic (exact) mass is 341 g/mol. The Hall–Kier alpha value is -1.72. The quantitative estimate of drug-likeness (QED) is 0.637. The van der Waals surface area contributed by atoms with Crippen LogP contribution in [0.2, 0.25) is 5.02 Å². The number of halogens is 1. The van der Waals surface area contributed by atoms with Gasteiger partial charge >= 0.3 is 5.97 Å². The lowest BCUT2D eigenvalue weighted by Gasteiger charge is -2.18. The standard InChI is InChI=1S/C17H24ClNO4/c1-5-6-23-16-13(18)8-12(9-15(16)22-4)10-19-14(17(20)21)7-11(2)3/h5,8-9,11,14,19H,1,6-7,10H2,2-4H3,(H,20,21). The van der Waals surface area contributed by atoms with Crippen LogP contribution in [0.5, 0.6) is 11.5 Å². The van der Waals surface area contributed by atoms with Crippen LogP contribution in [0.3, 0.4) is 0 Å². The van der Waals surface area contributed by atoms with Crippen molar-refractivity contribution in [2.24, 2.45) is 5.92 Å². The van der Waals surface area contributed by atoms with Crippen LogP contribution in [-0.2, 0) is 11.3 Å². The molecule has 0 aliphatic carbocycles. The number of ether oxygens (including phenoxy) is 2. The Morgan fingerprint density at radius 1 is 1.48 bits per heavy atom. The molecule has 0 bridgehead atoms. The topological polar surface area (TPSA) is 67.8 Å². The Morgan fingerprint density at radius 3 is 2.70 bits per heavy atom. The van der Waals surface area contributed by atoms with E-state index in [1.165, 1.54) is 7.11 Å². The van der Waals surface area contributed by atoms with Crippen molar-refractivity contribution in [1.29, 1.82) is 0 Å². The fourth-order valence-electron chi connectivity index (χ4n) is 2.14. The highest BCUT2D eigenvalue weighted by molar-refractivity contribution is 6.32. The smallest absolute Gasteiger partial charge is 0.320 e. The molecule has 1 rings (SSSR count). The molecule has 0 fully saturated rings. The van der Waals surface area contributed by atoms with Crippen molar-refractivity contribution >= 4 is 17.6 Å². The lowest BCUT2D eigenvalue weighted by Crippen LogP contribution is -2.37. The van der Waals surface area contributed by atoms with Crippen molar-refractivity contribution in [3.63, 3.8) is 0 Å². The van der Waals surface area contributed by atoms with Crippen molar-refractivity contribution in [3.05, 3.63) is 35.4 Å². The number of carbonyl (C=O) groups is 1. The molecular weight excluding hydrogens is 318 g/mol. The number of methoxy groups -OCH3 is 1. The van der Waals surface area contributed by atoms with Crippen molar-refractivity contribution < 1.29 is 19.4 Å². The summed E-state index contributed by atoms with van der Waals surface area (Å²) in [5.41, 5.74) is 0.827. The summed E-state index contributed by atoms with van der Waals surface area (Å²) in [5, 5.41) is 12.7. The van der Waals surface area contributed by atoms with E-state index in [2.05, 4.69) is 11.9 Å². The van der Waals surface area contributed by atoms with Gasteiger partial charge in [-0.1, -0.05) is 38.1 Å². The predicted octanol–water partition coefficient (Wildman–Crippen LogP) is 3.50. The van der Waals surface area contributed by atoms with Gasteiger partial charge in [0.25, 0.3) is 0 Å². The highest BCUT2D eigenvalue weighted by Gasteiger charge is 2.19. The number of rotatable bonds is 10. The third-order valence-corrected chi connectivity index (χ3v) is 3.47. The Labute approximate surface area is 142 Å². The first-order valence-corrected chi connectivity index (χ1v) is 7.83. The number of hydrogen-bond acceptors (Lipinski definition) is 4. The lowest BCUT2D eigenvalue weighted by atomic mass is 10.0. The first kappa shape index (κ1) is 19.3. The molecule has 0 heterocycles. The van der Waals surface area contributed by atoms with E-state index in [0.717, 1.165) is 5.56 Å². The molecule has 0 aromatic heterocycles. The van der Waals surface area contributed by atoms with Crippen LogP contribution < -0.4 is 14.8 Å². The maximum Gasteiger partial charge on any atom is 0.320 e.